The molecule has 2 N–H and O–H groups in total. The first-order chi connectivity index (χ1) is 14.5. The maximum Gasteiger partial charge on any atom is 0.0693 e. The van der Waals surface area contributed by atoms with Crippen LogP contribution in [-0.4, -0.2) is 24.5 Å². The van der Waals surface area contributed by atoms with Gasteiger partial charge in [0.15, 0.2) is 0 Å². The van der Waals surface area contributed by atoms with Crippen molar-refractivity contribution in [2.24, 2.45) is 0 Å². The molecule has 0 bridgehead atoms. The third-order valence-corrected chi connectivity index (χ3v) is 6.15. The molecule has 0 amide bonds. The van der Waals surface area contributed by atoms with Crippen LogP contribution < -0.4 is 5.73 Å². The zero-order valence-electron chi connectivity index (χ0n) is 17.4. The van der Waals surface area contributed by atoms with Gasteiger partial charge in [-0.1, -0.05) is 77.3 Å². The molecule has 0 fully saturated rings. The van der Waals surface area contributed by atoms with Gasteiger partial charge in [0.25, 0.3) is 0 Å². The number of hydrogen-bond donors (Lipinski definition) is 1. The highest BCUT2D eigenvalue weighted by atomic mass is 35.5. The Morgan fingerprint density at radius 1 is 0.645 bits per heavy atom. The Kier molecular flexibility index (Phi) is 11.0. The molecule has 0 atom stereocenters. The Bertz CT molecular complexity index is 907. The van der Waals surface area contributed by atoms with Crippen LogP contribution in [-0.2, 0) is 19.3 Å². The summed E-state index contributed by atoms with van der Waals surface area (Å²) in [5.41, 5.74) is 10.1. The van der Waals surface area contributed by atoms with E-state index >= 15 is 0 Å². The second-order valence-corrected chi connectivity index (χ2v) is 8.78. The van der Waals surface area contributed by atoms with E-state index in [0.717, 1.165) is 55.9 Å². The van der Waals surface area contributed by atoms with Gasteiger partial charge < -0.3 is 10.6 Å². The van der Waals surface area contributed by atoms with E-state index in [1.807, 2.05) is 24.3 Å². The smallest absolute Gasteiger partial charge is 0.0693 e. The van der Waals surface area contributed by atoms with Gasteiger partial charge in [0, 0.05) is 18.1 Å². The molecule has 3 aromatic carbocycles. The molecule has 0 radical (unpaired) electrons. The van der Waals surface area contributed by atoms with Gasteiger partial charge >= 0.3 is 0 Å². The maximum atomic E-state index is 6.21. The number of hydrogen-bond acceptors (Lipinski definition) is 2. The molecule has 0 unspecified atom stereocenters. The Hall–Kier alpha value is -1.42. The lowest BCUT2D eigenvalue weighted by Crippen LogP contribution is -2.30. The summed E-state index contributed by atoms with van der Waals surface area (Å²) in [5.74, 6) is 0. The molecule has 0 aliphatic carbocycles. The highest BCUT2D eigenvalue weighted by molar-refractivity contribution is 6.38. The van der Waals surface area contributed by atoms with E-state index in [4.69, 9.17) is 40.5 Å². The number of halogens is 4. The summed E-state index contributed by atoms with van der Waals surface area (Å²) in [7, 11) is 0. The molecule has 0 aromatic heterocycles. The van der Waals surface area contributed by atoms with Crippen LogP contribution >= 0.6 is 47.2 Å². The van der Waals surface area contributed by atoms with Gasteiger partial charge in [-0.05, 0) is 73.2 Å². The number of nitrogens with zero attached hydrogens (tertiary/aromatic N) is 1. The van der Waals surface area contributed by atoms with E-state index in [2.05, 4.69) is 47.4 Å². The molecule has 6 heteroatoms. The van der Waals surface area contributed by atoms with Crippen molar-refractivity contribution in [1.82, 2.24) is 4.90 Å². The first-order valence-electron chi connectivity index (χ1n) is 10.3. The minimum Gasteiger partial charge on any atom is -0.396 e. The van der Waals surface area contributed by atoms with Crippen molar-refractivity contribution < 1.29 is 0 Å². The normalized spacial score (nSPS) is 10.8. The molecule has 0 spiro atoms. The molecule has 0 saturated carbocycles. The Morgan fingerprint density at radius 2 is 1.19 bits per heavy atom. The number of anilines is 1. The van der Waals surface area contributed by atoms with Crippen molar-refractivity contribution in [2.75, 3.05) is 25.4 Å². The molecule has 31 heavy (non-hydrogen) atoms. The lowest BCUT2D eigenvalue weighted by molar-refractivity contribution is 0.277. The van der Waals surface area contributed by atoms with Crippen molar-refractivity contribution in [2.45, 2.75) is 25.7 Å². The van der Waals surface area contributed by atoms with Gasteiger partial charge in [0.1, 0.15) is 0 Å². The van der Waals surface area contributed by atoms with Crippen molar-refractivity contribution in [3.05, 3.63) is 98.5 Å². The lowest BCUT2D eigenvalue weighted by Gasteiger charge is -2.23. The minimum absolute atomic E-state index is 0. The van der Waals surface area contributed by atoms with Crippen LogP contribution in [0.4, 0.5) is 5.69 Å². The van der Waals surface area contributed by atoms with Gasteiger partial charge in [-0.15, -0.1) is 12.4 Å². The van der Waals surface area contributed by atoms with Gasteiger partial charge in [0.2, 0.25) is 0 Å². The second-order valence-electron chi connectivity index (χ2n) is 7.53. The summed E-state index contributed by atoms with van der Waals surface area (Å²) in [6.45, 7) is 3.00. The highest BCUT2D eigenvalue weighted by Crippen LogP contribution is 2.29. The van der Waals surface area contributed by atoms with Crippen molar-refractivity contribution >= 4 is 52.9 Å². The largest absolute Gasteiger partial charge is 0.396 e. The van der Waals surface area contributed by atoms with Crippen molar-refractivity contribution in [3.63, 3.8) is 0 Å². The monoisotopic (exact) mass is 496 g/mol. The summed E-state index contributed by atoms with van der Waals surface area (Å²) in [5, 5.41) is 1.83. The van der Waals surface area contributed by atoms with E-state index in [-0.39, 0.29) is 12.4 Å². The van der Waals surface area contributed by atoms with Crippen LogP contribution in [0.15, 0.2) is 66.7 Å². The molecule has 0 aliphatic heterocycles. The molecule has 3 aromatic rings. The summed E-state index contributed by atoms with van der Waals surface area (Å²) in [6.07, 6.45) is 4.05. The van der Waals surface area contributed by atoms with Crippen LogP contribution in [0.1, 0.15) is 23.1 Å². The standard InChI is InChI=1S/C25H27Cl3N2.ClH/c26-22-10-8-20(9-11-22)7-4-14-30(15-12-19-5-2-1-3-6-19)16-13-21-17-23(27)25(29)24(28)18-21;/h1-3,5-6,8-11,17-18H,4,7,12-16,29H2;1H. The molecule has 3 rings (SSSR count). The topological polar surface area (TPSA) is 29.3 Å². The molecule has 2 nitrogen and oxygen atoms in total. The first-order valence-corrected chi connectivity index (χ1v) is 11.4. The van der Waals surface area contributed by atoms with Gasteiger partial charge in [-0.25, -0.2) is 0 Å². The number of benzene rings is 3. The number of aryl methyl sites for hydroxylation is 1. The van der Waals surface area contributed by atoms with E-state index in [1.165, 1.54) is 11.1 Å². The fourth-order valence-corrected chi connectivity index (χ4v) is 4.15. The van der Waals surface area contributed by atoms with Crippen LogP contribution in [0.25, 0.3) is 0 Å². The van der Waals surface area contributed by atoms with Crippen LogP contribution in [0.2, 0.25) is 15.1 Å². The predicted molar refractivity (Wildman–Crippen MR) is 138 cm³/mol. The average Bonchev–Trinajstić information content (AvgIpc) is 2.75. The first kappa shape index (κ1) is 25.8. The van der Waals surface area contributed by atoms with E-state index in [9.17, 15) is 0 Å². The lowest BCUT2D eigenvalue weighted by atomic mass is 10.1. The van der Waals surface area contributed by atoms with Crippen LogP contribution in [0.3, 0.4) is 0 Å². The van der Waals surface area contributed by atoms with E-state index in [1.54, 1.807) is 0 Å². The van der Waals surface area contributed by atoms with Gasteiger partial charge in [-0.2, -0.15) is 0 Å². The molecule has 0 aliphatic rings. The summed E-state index contributed by atoms with van der Waals surface area (Å²) < 4.78 is 0. The van der Waals surface area contributed by atoms with Gasteiger partial charge in [0.05, 0.1) is 15.7 Å². The number of rotatable bonds is 10. The average molecular weight is 498 g/mol. The van der Waals surface area contributed by atoms with Crippen LogP contribution in [0.5, 0.6) is 0 Å². The van der Waals surface area contributed by atoms with Crippen molar-refractivity contribution in [1.29, 1.82) is 0 Å². The minimum atomic E-state index is 0. The molecule has 0 saturated heterocycles. The third-order valence-electron chi connectivity index (χ3n) is 5.27. The predicted octanol–water partition coefficient (Wildman–Crippen LogP) is 7.37. The zero-order valence-corrected chi connectivity index (χ0v) is 20.5. The Balaban J connectivity index is 0.00000341. The van der Waals surface area contributed by atoms with Crippen LogP contribution in [0, 0.1) is 0 Å². The highest BCUT2D eigenvalue weighted by Gasteiger charge is 2.09. The number of nitrogens with two attached hydrogens (primary N) is 1. The summed E-state index contributed by atoms with van der Waals surface area (Å²) in [4.78, 5) is 2.51. The second kappa shape index (κ2) is 13.2. The van der Waals surface area contributed by atoms with Gasteiger partial charge in [-0.3, -0.25) is 0 Å². The maximum absolute atomic E-state index is 6.21. The third kappa shape index (κ3) is 8.56. The molecule has 166 valence electrons. The Morgan fingerprint density at radius 3 is 1.81 bits per heavy atom. The SMILES string of the molecule is Cl.Nc1c(Cl)cc(CCN(CCCc2ccc(Cl)cc2)CCc2ccccc2)cc1Cl. The van der Waals surface area contributed by atoms with E-state index < -0.39 is 0 Å². The molecular formula is C25H28Cl4N2. The fourth-order valence-electron chi connectivity index (χ4n) is 3.49. The quantitative estimate of drug-likeness (QED) is 0.296. The molecule has 0 heterocycles. The Labute approximate surface area is 206 Å². The van der Waals surface area contributed by atoms with E-state index in [0.29, 0.717) is 15.7 Å². The van der Waals surface area contributed by atoms with Crippen molar-refractivity contribution in [3.8, 4) is 0 Å². The molecular weight excluding hydrogens is 470 g/mol. The fraction of sp³-hybridized carbons (Fsp3) is 0.280. The zero-order chi connectivity index (χ0) is 21.3. The summed E-state index contributed by atoms with van der Waals surface area (Å²) >= 11 is 18.4. The summed E-state index contributed by atoms with van der Waals surface area (Å²) in [6, 6.07) is 22.6. The number of nitrogen functional groups attached to an aromatic ring is 1.